The van der Waals surface area contributed by atoms with Gasteiger partial charge in [0.05, 0.1) is 6.04 Å². The van der Waals surface area contributed by atoms with Crippen molar-refractivity contribution in [3.8, 4) is 0 Å². The summed E-state index contributed by atoms with van der Waals surface area (Å²) in [5.74, 6) is -0.494. The fourth-order valence-electron chi connectivity index (χ4n) is 2.33. The van der Waals surface area contributed by atoms with Crippen LogP contribution in [-0.4, -0.2) is 70.7 Å². The number of carboxylic acid groups (broad SMARTS) is 1. The van der Waals surface area contributed by atoms with Crippen LogP contribution in [0, 0.1) is 0 Å². The smallest absolute Gasteiger partial charge is 0.407 e. The van der Waals surface area contributed by atoms with E-state index in [9.17, 15) is 14.4 Å². The average molecular weight is 329 g/mol. The molecule has 1 heterocycles. The number of carbonyl (C=O) groups excluding carboxylic acids is 2. The van der Waals surface area contributed by atoms with Gasteiger partial charge in [-0.1, -0.05) is 0 Å². The molecule has 1 fully saturated rings. The van der Waals surface area contributed by atoms with Crippen molar-refractivity contribution in [1.29, 1.82) is 0 Å². The molecule has 1 atom stereocenters. The molecule has 0 unspecified atom stereocenters. The topological polar surface area (TPSA) is 113 Å². The SMILES string of the molecule is CC(C)(C)OC(=O)CCC[C@H](N)C(=O)N1CCN(C(=O)O)CC1. The van der Waals surface area contributed by atoms with E-state index in [0.717, 1.165) is 0 Å². The molecule has 0 aromatic carbocycles. The normalized spacial score (nSPS) is 16.9. The van der Waals surface area contributed by atoms with Crippen LogP contribution >= 0.6 is 0 Å². The first kappa shape index (κ1) is 19.2. The summed E-state index contributed by atoms with van der Waals surface area (Å²) < 4.78 is 5.19. The van der Waals surface area contributed by atoms with Crippen molar-refractivity contribution in [3.63, 3.8) is 0 Å². The minimum atomic E-state index is -0.973. The molecule has 1 rings (SSSR count). The van der Waals surface area contributed by atoms with E-state index in [1.54, 1.807) is 25.7 Å². The van der Waals surface area contributed by atoms with Crippen molar-refractivity contribution >= 4 is 18.0 Å². The zero-order valence-corrected chi connectivity index (χ0v) is 14.1. The number of nitrogens with zero attached hydrogens (tertiary/aromatic N) is 2. The Morgan fingerprint density at radius 1 is 1.13 bits per heavy atom. The fourth-order valence-corrected chi connectivity index (χ4v) is 2.33. The summed E-state index contributed by atoms with van der Waals surface area (Å²) in [4.78, 5) is 37.5. The molecule has 0 aromatic heterocycles. The number of amides is 2. The largest absolute Gasteiger partial charge is 0.465 e. The van der Waals surface area contributed by atoms with E-state index in [-0.39, 0.29) is 18.3 Å². The zero-order valence-electron chi connectivity index (χ0n) is 14.1. The molecule has 0 radical (unpaired) electrons. The molecule has 8 nitrogen and oxygen atoms in total. The Kier molecular flexibility index (Phi) is 6.80. The monoisotopic (exact) mass is 329 g/mol. The minimum Gasteiger partial charge on any atom is -0.465 e. The van der Waals surface area contributed by atoms with Crippen LogP contribution in [-0.2, 0) is 14.3 Å². The van der Waals surface area contributed by atoms with Crippen LogP contribution < -0.4 is 5.73 Å². The van der Waals surface area contributed by atoms with Gasteiger partial charge in [-0.05, 0) is 33.6 Å². The standard InChI is InChI=1S/C15H27N3O5/c1-15(2,3)23-12(19)6-4-5-11(16)13(20)17-7-9-18(10-8-17)14(21)22/h11H,4-10,16H2,1-3H3,(H,21,22)/t11-/m0/s1. The van der Waals surface area contributed by atoms with Crippen LogP contribution in [0.5, 0.6) is 0 Å². The maximum atomic E-state index is 12.2. The van der Waals surface area contributed by atoms with Gasteiger partial charge in [-0.25, -0.2) is 4.79 Å². The Hall–Kier alpha value is -1.83. The van der Waals surface area contributed by atoms with Gasteiger partial charge in [-0.3, -0.25) is 9.59 Å². The number of hydrogen-bond acceptors (Lipinski definition) is 5. The molecule has 2 amide bonds. The third-order valence-electron chi connectivity index (χ3n) is 3.50. The number of nitrogens with two attached hydrogens (primary N) is 1. The molecule has 0 aliphatic carbocycles. The summed E-state index contributed by atoms with van der Waals surface area (Å²) in [7, 11) is 0. The van der Waals surface area contributed by atoms with E-state index in [0.29, 0.717) is 39.0 Å². The molecule has 8 heteroatoms. The zero-order chi connectivity index (χ0) is 17.6. The molecule has 0 bridgehead atoms. The maximum absolute atomic E-state index is 12.2. The number of esters is 1. The van der Waals surface area contributed by atoms with E-state index in [4.69, 9.17) is 15.6 Å². The van der Waals surface area contributed by atoms with Crippen molar-refractivity contribution < 1.29 is 24.2 Å². The van der Waals surface area contributed by atoms with Crippen LogP contribution in [0.15, 0.2) is 0 Å². The summed E-state index contributed by atoms with van der Waals surface area (Å²) in [6, 6.07) is -0.672. The molecule has 3 N–H and O–H groups in total. The number of hydrogen-bond donors (Lipinski definition) is 2. The number of piperazine rings is 1. The first-order valence-electron chi connectivity index (χ1n) is 7.84. The van der Waals surface area contributed by atoms with Crippen LogP contribution in [0.1, 0.15) is 40.0 Å². The Bertz CT molecular complexity index is 439. The van der Waals surface area contributed by atoms with Crippen LogP contribution in [0.25, 0.3) is 0 Å². The molecule has 1 saturated heterocycles. The van der Waals surface area contributed by atoms with Gasteiger partial charge in [0, 0.05) is 32.6 Å². The van der Waals surface area contributed by atoms with Gasteiger partial charge in [0.2, 0.25) is 5.91 Å². The highest BCUT2D eigenvalue weighted by Crippen LogP contribution is 2.11. The summed E-state index contributed by atoms with van der Waals surface area (Å²) in [5, 5.41) is 8.87. The van der Waals surface area contributed by atoms with Crippen LogP contribution in [0.2, 0.25) is 0 Å². The molecule has 1 aliphatic heterocycles. The number of carbonyl (C=O) groups is 3. The van der Waals surface area contributed by atoms with Crippen molar-refractivity contribution in [1.82, 2.24) is 9.80 Å². The van der Waals surface area contributed by atoms with Crippen LogP contribution in [0.4, 0.5) is 4.79 Å². The molecule has 132 valence electrons. The number of rotatable bonds is 5. The quantitative estimate of drug-likeness (QED) is 0.716. The second kappa shape index (κ2) is 8.14. The second-order valence-corrected chi connectivity index (χ2v) is 6.68. The minimum absolute atomic E-state index is 0.195. The Morgan fingerprint density at radius 2 is 1.65 bits per heavy atom. The van der Waals surface area contributed by atoms with Gasteiger partial charge in [0.1, 0.15) is 5.60 Å². The van der Waals surface area contributed by atoms with Gasteiger partial charge in [-0.2, -0.15) is 0 Å². The lowest BCUT2D eigenvalue weighted by Crippen LogP contribution is -2.54. The number of ether oxygens (including phenoxy) is 1. The Labute approximate surface area is 136 Å². The van der Waals surface area contributed by atoms with Crippen LogP contribution in [0.3, 0.4) is 0 Å². The van der Waals surface area contributed by atoms with E-state index in [1.165, 1.54) is 4.90 Å². The predicted molar refractivity (Wildman–Crippen MR) is 83.8 cm³/mol. The lowest BCUT2D eigenvalue weighted by Gasteiger charge is -2.34. The van der Waals surface area contributed by atoms with Crippen molar-refractivity contribution in [3.05, 3.63) is 0 Å². The first-order valence-corrected chi connectivity index (χ1v) is 7.84. The fraction of sp³-hybridized carbons (Fsp3) is 0.800. The van der Waals surface area contributed by atoms with Gasteiger partial charge >= 0.3 is 12.1 Å². The second-order valence-electron chi connectivity index (χ2n) is 6.68. The lowest BCUT2D eigenvalue weighted by atomic mass is 10.1. The molecule has 0 aromatic rings. The molecular weight excluding hydrogens is 302 g/mol. The highest BCUT2D eigenvalue weighted by Gasteiger charge is 2.27. The molecule has 0 saturated carbocycles. The molecule has 0 spiro atoms. The first-order chi connectivity index (χ1) is 10.6. The summed E-state index contributed by atoms with van der Waals surface area (Å²) in [5.41, 5.74) is 5.37. The van der Waals surface area contributed by atoms with Crippen molar-refractivity contribution in [2.24, 2.45) is 5.73 Å². The van der Waals surface area contributed by atoms with Gasteiger partial charge in [-0.15, -0.1) is 0 Å². The van der Waals surface area contributed by atoms with E-state index in [1.807, 2.05) is 0 Å². The van der Waals surface area contributed by atoms with Gasteiger partial charge in [0.15, 0.2) is 0 Å². The van der Waals surface area contributed by atoms with Gasteiger partial charge < -0.3 is 25.4 Å². The van der Waals surface area contributed by atoms with Crippen molar-refractivity contribution in [2.45, 2.75) is 51.7 Å². The predicted octanol–water partition coefficient (Wildman–Crippen LogP) is 0.648. The van der Waals surface area contributed by atoms with E-state index < -0.39 is 17.7 Å². The van der Waals surface area contributed by atoms with Crippen molar-refractivity contribution in [2.75, 3.05) is 26.2 Å². The molecular formula is C15H27N3O5. The Morgan fingerprint density at radius 3 is 2.13 bits per heavy atom. The third-order valence-corrected chi connectivity index (χ3v) is 3.50. The average Bonchev–Trinajstić information content (AvgIpc) is 2.44. The summed E-state index contributed by atoms with van der Waals surface area (Å²) >= 11 is 0. The van der Waals surface area contributed by atoms with E-state index in [2.05, 4.69) is 0 Å². The molecule has 1 aliphatic rings. The van der Waals surface area contributed by atoms with Gasteiger partial charge in [0.25, 0.3) is 0 Å². The summed E-state index contributed by atoms with van der Waals surface area (Å²) in [6.07, 6.45) is 0.137. The Balaban J connectivity index is 2.30. The molecule has 23 heavy (non-hydrogen) atoms. The maximum Gasteiger partial charge on any atom is 0.407 e. The highest BCUT2D eigenvalue weighted by molar-refractivity contribution is 5.82. The lowest BCUT2D eigenvalue weighted by molar-refractivity contribution is -0.155. The third kappa shape index (κ3) is 6.85. The summed E-state index contributed by atoms with van der Waals surface area (Å²) in [6.45, 7) is 6.71. The highest BCUT2D eigenvalue weighted by atomic mass is 16.6. The van der Waals surface area contributed by atoms with E-state index >= 15 is 0 Å².